The summed E-state index contributed by atoms with van der Waals surface area (Å²) in [5.41, 5.74) is 11.6. The summed E-state index contributed by atoms with van der Waals surface area (Å²) in [6.07, 6.45) is 0.209. The fraction of sp³-hybridized carbons (Fsp3) is 0.214. The molecule has 3 rings (SSSR count). The number of carbonyl (C=O) groups is 3. The summed E-state index contributed by atoms with van der Waals surface area (Å²) in [7, 11) is 0. The number of thioether (sulfide) groups is 1. The van der Waals surface area contributed by atoms with Gasteiger partial charge in [0.25, 0.3) is 5.78 Å². The van der Waals surface area contributed by atoms with Crippen LogP contribution in [0.1, 0.15) is 16.7 Å². The summed E-state index contributed by atoms with van der Waals surface area (Å²) < 4.78 is 5.30. The van der Waals surface area contributed by atoms with E-state index < -0.39 is 29.9 Å². The maximum absolute atomic E-state index is 13.3. The van der Waals surface area contributed by atoms with Crippen molar-refractivity contribution in [2.75, 3.05) is 5.75 Å². The summed E-state index contributed by atoms with van der Waals surface area (Å²) in [5, 5.41) is 5.33. The molecule has 0 aliphatic carbocycles. The highest BCUT2D eigenvalue weighted by Gasteiger charge is 2.28. The second kappa shape index (κ2) is 15.0. The van der Waals surface area contributed by atoms with Gasteiger partial charge in [-0.3, -0.25) is 9.59 Å². The van der Waals surface area contributed by atoms with E-state index in [1.54, 1.807) is 0 Å². The van der Waals surface area contributed by atoms with Gasteiger partial charge in [0.15, 0.2) is 0 Å². The van der Waals surface area contributed by atoms with Crippen molar-refractivity contribution in [3.05, 3.63) is 113 Å². The minimum atomic E-state index is -0.977. The van der Waals surface area contributed by atoms with Gasteiger partial charge < -0.3 is 20.9 Å². The van der Waals surface area contributed by atoms with Crippen LogP contribution in [0.5, 0.6) is 0 Å². The van der Waals surface area contributed by atoms with Gasteiger partial charge >= 0.3 is 12.3 Å². The maximum Gasteiger partial charge on any atom is 0.408 e. The Balaban J connectivity index is 1.68. The van der Waals surface area contributed by atoms with Crippen molar-refractivity contribution >= 4 is 35.8 Å². The predicted molar refractivity (Wildman–Crippen MR) is 143 cm³/mol. The molecule has 37 heavy (non-hydrogen) atoms. The zero-order chi connectivity index (χ0) is 26.3. The highest BCUT2D eigenvalue weighted by atomic mass is 32.2. The Hall–Kier alpha value is -4.20. The summed E-state index contributed by atoms with van der Waals surface area (Å²) in [6.45, 7) is 0.0558. The van der Waals surface area contributed by atoms with Crippen LogP contribution < -0.4 is 10.6 Å². The van der Waals surface area contributed by atoms with Gasteiger partial charge in [0.2, 0.25) is 5.91 Å². The second-order valence-electron chi connectivity index (χ2n) is 8.16. The van der Waals surface area contributed by atoms with Gasteiger partial charge in [-0.1, -0.05) is 91.0 Å². The van der Waals surface area contributed by atoms with E-state index >= 15 is 0 Å². The number of carbonyl (C=O) groups excluding carboxylic acids is 3. The van der Waals surface area contributed by atoms with E-state index in [0.717, 1.165) is 22.9 Å². The molecule has 2 atom stereocenters. The van der Waals surface area contributed by atoms with E-state index in [-0.39, 0.29) is 18.8 Å². The van der Waals surface area contributed by atoms with Crippen molar-refractivity contribution in [3.8, 4) is 0 Å². The Kier molecular flexibility index (Phi) is 11.1. The zero-order valence-electron chi connectivity index (χ0n) is 20.2. The van der Waals surface area contributed by atoms with Gasteiger partial charge in [0.1, 0.15) is 18.7 Å². The SMILES string of the molecule is [N-]=[N+]=CC(=O)[C@H](Cc1ccccc1)NC(=O)[C@H](CSCc1ccccc1)NC(=O)OCc1ccccc1. The van der Waals surface area contributed by atoms with E-state index in [1.165, 1.54) is 11.8 Å². The first-order chi connectivity index (χ1) is 18.0. The number of amides is 2. The molecule has 8 nitrogen and oxygen atoms in total. The number of nitrogens with one attached hydrogen (secondary N) is 2. The third kappa shape index (κ3) is 9.76. The smallest absolute Gasteiger partial charge is 0.408 e. The normalized spacial score (nSPS) is 11.9. The molecule has 0 fully saturated rings. The minimum absolute atomic E-state index is 0.0558. The van der Waals surface area contributed by atoms with Crippen molar-refractivity contribution in [2.45, 2.75) is 30.9 Å². The molecule has 0 aromatic heterocycles. The van der Waals surface area contributed by atoms with Crippen LogP contribution in [0, 0.1) is 0 Å². The molecule has 0 radical (unpaired) electrons. The van der Waals surface area contributed by atoms with Crippen molar-refractivity contribution < 1.29 is 23.9 Å². The number of benzene rings is 3. The number of Topliss-reactive ketones (excluding diaryl/α,β-unsaturated/α-hetero) is 1. The third-order valence-corrected chi connectivity index (χ3v) is 6.45. The summed E-state index contributed by atoms with van der Waals surface area (Å²) in [4.78, 5) is 41.1. The molecule has 0 spiro atoms. The Morgan fingerprint density at radius 3 is 1.97 bits per heavy atom. The largest absolute Gasteiger partial charge is 0.445 e. The van der Waals surface area contributed by atoms with Crippen molar-refractivity contribution in [2.24, 2.45) is 0 Å². The van der Waals surface area contributed by atoms with Gasteiger partial charge in [0, 0.05) is 17.9 Å². The fourth-order valence-corrected chi connectivity index (χ4v) is 4.47. The molecule has 190 valence electrons. The molecule has 0 saturated carbocycles. The van der Waals surface area contributed by atoms with Crippen molar-refractivity contribution in [3.63, 3.8) is 0 Å². The lowest BCUT2D eigenvalue weighted by Gasteiger charge is -2.21. The third-order valence-electron chi connectivity index (χ3n) is 5.34. The van der Waals surface area contributed by atoms with Gasteiger partial charge in [-0.25, -0.2) is 4.79 Å². The zero-order valence-corrected chi connectivity index (χ0v) is 21.0. The highest BCUT2D eigenvalue weighted by molar-refractivity contribution is 7.98. The van der Waals surface area contributed by atoms with E-state index in [4.69, 9.17) is 10.3 Å². The molecule has 0 unspecified atom stereocenters. The standard InChI is InChI=1S/C28H28N4O4S/c29-30-17-26(33)24(16-21-10-4-1-5-11-21)31-27(34)25(20-37-19-23-14-8-3-9-15-23)32-28(35)36-18-22-12-6-2-7-13-22/h1-15,17,24-25H,16,18-20H2,(H,31,34)(H,32,35)/t24-,25-/m0/s1. The van der Waals surface area contributed by atoms with Crippen LogP contribution in [-0.4, -0.2) is 46.6 Å². The van der Waals surface area contributed by atoms with Crippen LogP contribution in [0.3, 0.4) is 0 Å². The monoisotopic (exact) mass is 516 g/mol. The van der Waals surface area contributed by atoms with Crippen LogP contribution in [-0.2, 0) is 33.1 Å². The molecular weight excluding hydrogens is 488 g/mol. The van der Waals surface area contributed by atoms with Gasteiger partial charge in [-0.15, -0.1) is 0 Å². The average Bonchev–Trinajstić information content (AvgIpc) is 2.93. The number of hydrogen-bond donors (Lipinski definition) is 2. The molecule has 0 aliphatic heterocycles. The summed E-state index contributed by atoms with van der Waals surface area (Å²) in [5.74, 6) is -0.226. The van der Waals surface area contributed by atoms with Crippen LogP contribution in [0.4, 0.5) is 4.79 Å². The molecule has 9 heteroatoms. The van der Waals surface area contributed by atoms with E-state index in [0.29, 0.717) is 5.75 Å². The van der Waals surface area contributed by atoms with E-state index in [1.807, 2.05) is 91.0 Å². The Labute approximate surface area is 220 Å². The molecule has 0 bridgehead atoms. The lowest BCUT2D eigenvalue weighted by Crippen LogP contribution is -2.53. The number of rotatable bonds is 13. The molecular formula is C28H28N4O4S. The lowest BCUT2D eigenvalue weighted by atomic mass is 10.0. The van der Waals surface area contributed by atoms with Crippen LogP contribution in [0.2, 0.25) is 0 Å². The Morgan fingerprint density at radius 2 is 1.38 bits per heavy atom. The molecule has 3 aromatic carbocycles. The van der Waals surface area contributed by atoms with Crippen LogP contribution >= 0.6 is 11.8 Å². The van der Waals surface area contributed by atoms with Crippen LogP contribution in [0.15, 0.2) is 91.0 Å². The fourth-order valence-electron chi connectivity index (χ4n) is 3.45. The number of ether oxygens (including phenoxy) is 1. The van der Waals surface area contributed by atoms with E-state index in [9.17, 15) is 14.4 Å². The number of nitrogens with zero attached hydrogens (tertiary/aromatic N) is 2. The van der Waals surface area contributed by atoms with Gasteiger partial charge in [-0.2, -0.15) is 16.6 Å². The first-order valence-electron chi connectivity index (χ1n) is 11.7. The average molecular weight is 517 g/mol. The summed E-state index contributed by atoms with van der Waals surface area (Å²) in [6, 6.07) is 26.2. The Bertz CT molecular complexity index is 1200. The first-order valence-corrected chi connectivity index (χ1v) is 12.8. The lowest BCUT2D eigenvalue weighted by molar-refractivity contribution is -0.127. The second-order valence-corrected chi connectivity index (χ2v) is 9.19. The van der Waals surface area contributed by atoms with Crippen molar-refractivity contribution in [1.82, 2.24) is 10.6 Å². The maximum atomic E-state index is 13.3. The minimum Gasteiger partial charge on any atom is -0.445 e. The number of alkyl carbamates (subject to hydrolysis) is 1. The van der Waals surface area contributed by atoms with E-state index in [2.05, 4.69) is 15.4 Å². The quantitative estimate of drug-likeness (QED) is 0.203. The van der Waals surface area contributed by atoms with Gasteiger partial charge in [-0.05, 0) is 16.7 Å². The molecule has 2 N–H and O–H groups in total. The first kappa shape index (κ1) is 27.4. The topological polar surface area (TPSA) is 121 Å². The van der Waals surface area contributed by atoms with Crippen LogP contribution in [0.25, 0.3) is 5.53 Å². The van der Waals surface area contributed by atoms with Gasteiger partial charge in [0.05, 0.1) is 0 Å². The molecule has 0 heterocycles. The highest BCUT2D eigenvalue weighted by Crippen LogP contribution is 2.14. The number of ketones is 1. The predicted octanol–water partition coefficient (Wildman–Crippen LogP) is 3.81. The molecule has 2 amide bonds. The molecule has 0 aliphatic rings. The number of hydrogen-bond acceptors (Lipinski definition) is 5. The molecule has 0 saturated heterocycles. The summed E-state index contributed by atoms with van der Waals surface area (Å²) >= 11 is 1.47. The molecule has 3 aromatic rings. The Morgan fingerprint density at radius 1 is 0.811 bits per heavy atom. The van der Waals surface area contributed by atoms with Crippen molar-refractivity contribution in [1.29, 1.82) is 0 Å².